The molecule has 14 rings (SSSR count). The first kappa shape index (κ1) is 37.4. The van der Waals surface area contributed by atoms with Gasteiger partial charge in [-0.25, -0.2) is 0 Å². The fraction of sp³-hybridized carbons (Fsp3) is 0.0328. The van der Waals surface area contributed by atoms with Crippen molar-refractivity contribution >= 4 is 103 Å². The van der Waals surface area contributed by atoms with Crippen LogP contribution in [-0.2, 0) is 6.42 Å². The van der Waals surface area contributed by atoms with Crippen LogP contribution in [0.1, 0.15) is 22.4 Å². The van der Waals surface area contributed by atoms with Crippen molar-refractivity contribution in [3.8, 4) is 50.8 Å². The number of para-hydroxylation sites is 4. The molecule has 1 aliphatic carbocycles. The Labute approximate surface area is 388 Å². The second kappa shape index (κ2) is 14.5. The number of rotatable bonds is 5. The van der Waals surface area contributed by atoms with Crippen LogP contribution in [0, 0.1) is 11.3 Å². The molecule has 3 nitrogen and oxygen atoms in total. The van der Waals surface area contributed by atoms with Crippen molar-refractivity contribution in [1.29, 1.82) is 5.26 Å². The number of benzene rings is 9. The van der Waals surface area contributed by atoms with Gasteiger partial charge in [-0.1, -0.05) is 164 Å². The van der Waals surface area contributed by atoms with Gasteiger partial charge < -0.3 is 9.13 Å². The summed E-state index contributed by atoms with van der Waals surface area (Å²) in [6, 6.07) is 71.3. The number of thiophene rings is 2. The highest BCUT2D eigenvalue weighted by molar-refractivity contribution is 7.26. The monoisotopic (exact) mass is 875 g/mol. The predicted molar refractivity (Wildman–Crippen MR) is 282 cm³/mol. The largest absolute Gasteiger partial charge is 0.308 e. The van der Waals surface area contributed by atoms with Crippen LogP contribution in [0.2, 0.25) is 0 Å². The number of nitrogens with zero attached hydrogens (tertiary/aromatic N) is 3. The molecule has 0 radical (unpaired) electrons. The summed E-state index contributed by atoms with van der Waals surface area (Å²) in [5.74, 6) is 0. The van der Waals surface area contributed by atoms with E-state index in [1.54, 1.807) is 0 Å². The van der Waals surface area contributed by atoms with Crippen LogP contribution in [0.25, 0.3) is 125 Å². The second-order valence-electron chi connectivity index (χ2n) is 17.3. The molecule has 5 heteroatoms. The molecular formula is C61H37N3S2. The van der Waals surface area contributed by atoms with Gasteiger partial charge >= 0.3 is 0 Å². The summed E-state index contributed by atoms with van der Waals surface area (Å²) < 4.78 is 8.57. The summed E-state index contributed by atoms with van der Waals surface area (Å²) in [5, 5.41) is 20.8. The zero-order valence-corrected chi connectivity index (χ0v) is 37.3. The fourth-order valence-electron chi connectivity index (χ4n) is 11.2. The van der Waals surface area contributed by atoms with Crippen LogP contribution in [-0.4, -0.2) is 9.13 Å². The minimum atomic E-state index is 0.655. The number of hydrogen-bond donors (Lipinski definition) is 0. The Morgan fingerprint density at radius 3 is 1.45 bits per heavy atom. The van der Waals surface area contributed by atoms with E-state index in [4.69, 9.17) is 0 Å². The third kappa shape index (κ3) is 5.23. The molecule has 0 spiro atoms. The van der Waals surface area contributed by atoms with E-state index in [1.165, 1.54) is 62.2 Å². The Balaban J connectivity index is 1.31. The summed E-state index contributed by atoms with van der Waals surface area (Å²) >= 11 is 3.68. The van der Waals surface area contributed by atoms with E-state index < -0.39 is 0 Å². The lowest BCUT2D eigenvalue weighted by Crippen LogP contribution is -2.11. The van der Waals surface area contributed by atoms with Crippen LogP contribution in [0.4, 0.5) is 0 Å². The fourth-order valence-corrected chi connectivity index (χ4v) is 13.7. The van der Waals surface area contributed by atoms with Gasteiger partial charge in [0.15, 0.2) is 0 Å². The van der Waals surface area contributed by atoms with Crippen molar-refractivity contribution in [2.24, 2.45) is 0 Å². The van der Waals surface area contributed by atoms with E-state index in [0.29, 0.717) is 5.56 Å². The first-order chi connectivity index (χ1) is 32.8. The van der Waals surface area contributed by atoms with Crippen molar-refractivity contribution in [1.82, 2.24) is 9.13 Å². The minimum Gasteiger partial charge on any atom is -0.308 e. The van der Waals surface area contributed by atoms with Gasteiger partial charge in [-0.2, -0.15) is 5.26 Å². The number of aromatic nitrogens is 2. The van der Waals surface area contributed by atoms with Crippen LogP contribution < -0.4 is 0 Å². The maximum Gasteiger partial charge on any atom is 0.101 e. The third-order valence-electron chi connectivity index (χ3n) is 13.9. The lowest BCUT2D eigenvalue weighted by Gasteiger charge is -2.28. The molecule has 308 valence electrons. The molecule has 66 heavy (non-hydrogen) atoms. The maximum absolute atomic E-state index is 12.5. The van der Waals surface area contributed by atoms with Crippen molar-refractivity contribution < 1.29 is 0 Å². The van der Waals surface area contributed by atoms with Gasteiger partial charge in [0.2, 0.25) is 0 Å². The van der Waals surface area contributed by atoms with E-state index in [2.05, 4.69) is 215 Å². The molecule has 0 bridgehead atoms. The molecule has 9 aromatic carbocycles. The topological polar surface area (TPSA) is 33.6 Å². The molecule has 0 N–H and O–H groups in total. The first-order valence-electron chi connectivity index (χ1n) is 22.6. The van der Waals surface area contributed by atoms with Crippen LogP contribution in [0.15, 0.2) is 194 Å². The smallest absolute Gasteiger partial charge is 0.101 e. The van der Waals surface area contributed by atoms with Crippen molar-refractivity contribution in [2.45, 2.75) is 12.8 Å². The predicted octanol–water partition coefficient (Wildman–Crippen LogP) is 17.3. The summed E-state index contributed by atoms with van der Waals surface area (Å²) in [6.07, 6.45) is 6.63. The Bertz CT molecular complexity index is 4140. The van der Waals surface area contributed by atoms with Gasteiger partial charge in [-0.05, 0) is 65.8 Å². The van der Waals surface area contributed by atoms with Crippen LogP contribution in [0.3, 0.4) is 0 Å². The molecular weight excluding hydrogens is 839 g/mol. The number of hydrogen-bond acceptors (Lipinski definition) is 3. The average Bonchev–Trinajstić information content (AvgIpc) is 4.14. The number of fused-ring (bicyclic) bond motifs is 12. The molecule has 0 saturated carbocycles. The zero-order valence-electron chi connectivity index (χ0n) is 35.6. The molecule has 0 aliphatic heterocycles. The number of allylic oxidation sites excluding steroid dienone is 1. The molecule has 1 aliphatic rings. The summed E-state index contributed by atoms with van der Waals surface area (Å²) in [6.45, 7) is 0. The summed E-state index contributed by atoms with van der Waals surface area (Å²) in [5.41, 5.74) is 14.5. The Morgan fingerprint density at radius 2 is 0.894 bits per heavy atom. The highest BCUT2D eigenvalue weighted by atomic mass is 32.1. The standard InChI is InChI=1S/C61H37N3S2/c62-36-48-56(46-28-16-26-44-42-24-8-14-34-53(42)65-60(44)46)58(63-49-30-10-4-20-38(49)39-21-5-11-31-50(39)63)55(37-18-2-1-3-19-37)59(64-51-32-12-6-22-40(51)41-23-7-13-33-52(41)64)57(48)47-29-17-27-45-43-25-9-15-35-54(43)66-61(45)47/h1-8,10-24,26-35H,9,25H2. The van der Waals surface area contributed by atoms with Gasteiger partial charge in [0.25, 0.3) is 0 Å². The summed E-state index contributed by atoms with van der Waals surface area (Å²) in [7, 11) is 0. The Kier molecular flexibility index (Phi) is 8.21. The van der Waals surface area contributed by atoms with E-state index in [1.807, 2.05) is 22.7 Å². The second-order valence-corrected chi connectivity index (χ2v) is 19.4. The maximum atomic E-state index is 12.5. The molecule has 0 saturated heterocycles. The molecule has 4 aromatic heterocycles. The van der Waals surface area contributed by atoms with Gasteiger partial charge in [0.1, 0.15) is 6.07 Å². The van der Waals surface area contributed by atoms with Gasteiger partial charge in [0, 0.05) is 79.1 Å². The van der Waals surface area contributed by atoms with Crippen molar-refractivity contribution in [3.63, 3.8) is 0 Å². The van der Waals surface area contributed by atoms with Crippen LogP contribution in [0.5, 0.6) is 0 Å². The normalized spacial score (nSPS) is 12.7. The van der Waals surface area contributed by atoms with E-state index in [-0.39, 0.29) is 0 Å². The van der Waals surface area contributed by atoms with Crippen LogP contribution >= 0.6 is 22.7 Å². The molecule has 0 fully saturated rings. The summed E-state index contributed by atoms with van der Waals surface area (Å²) in [4.78, 5) is 1.31. The molecule has 0 unspecified atom stereocenters. The van der Waals surface area contributed by atoms with E-state index >= 15 is 0 Å². The highest BCUT2D eigenvalue weighted by Crippen LogP contribution is 2.55. The Hall–Kier alpha value is -8.01. The quantitative estimate of drug-likeness (QED) is 0.170. The molecule has 4 heterocycles. The Morgan fingerprint density at radius 1 is 0.424 bits per heavy atom. The third-order valence-corrected chi connectivity index (χ3v) is 16.3. The zero-order chi connectivity index (χ0) is 43.5. The minimum absolute atomic E-state index is 0.655. The molecule has 13 aromatic rings. The van der Waals surface area contributed by atoms with Gasteiger partial charge in [-0.15, -0.1) is 22.7 Å². The lowest BCUT2D eigenvalue weighted by atomic mass is 9.83. The SMILES string of the molecule is N#Cc1c(-c2cccc3c4c(sc23)C=CCC4)c(-n2c3ccccc3c3ccccc32)c(-c2ccccc2)c(-n2c3ccccc3c3ccccc32)c1-c1cccc2c1sc1ccccc12. The van der Waals surface area contributed by atoms with E-state index in [0.717, 1.165) is 79.7 Å². The number of aryl methyl sites for hydroxylation is 1. The van der Waals surface area contributed by atoms with Gasteiger partial charge in [0.05, 0.1) is 39.0 Å². The van der Waals surface area contributed by atoms with Crippen molar-refractivity contribution in [3.05, 3.63) is 210 Å². The van der Waals surface area contributed by atoms with E-state index in [9.17, 15) is 5.26 Å². The van der Waals surface area contributed by atoms with Crippen molar-refractivity contribution in [2.75, 3.05) is 0 Å². The van der Waals surface area contributed by atoms with Gasteiger partial charge in [-0.3, -0.25) is 0 Å². The average molecular weight is 876 g/mol. The first-order valence-corrected chi connectivity index (χ1v) is 24.2. The lowest BCUT2D eigenvalue weighted by molar-refractivity contribution is 1.01. The molecule has 0 atom stereocenters. The number of nitriles is 1. The molecule has 0 amide bonds. The highest BCUT2D eigenvalue weighted by Gasteiger charge is 2.34.